The fraction of sp³-hybridized carbons (Fsp3) is 0.222. The molecule has 0 spiro atoms. The zero-order chi connectivity index (χ0) is 19.6. The molecule has 142 valence electrons. The SMILES string of the molecule is Cn1cc(S(=O)(=O)N(Cc2ccccc2)Cc2ccco2)c(=O)n(C)c1=O. The average molecular weight is 389 g/mol. The second kappa shape index (κ2) is 7.37. The average Bonchev–Trinajstić information content (AvgIpc) is 3.16. The fourth-order valence-corrected chi connectivity index (χ4v) is 4.22. The van der Waals surface area contributed by atoms with Crippen LogP contribution in [0.25, 0.3) is 0 Å². The van der Waals surface area contributed by atoms with Gasteiger partial charge in [-0.1, -0.05) is 30.3 Å². The maximum Gasteiger partial charge on any atom is 0.330 e. The number of benzene rings is 1. The monoisotopic (exact) mass is 389 g/mol. The van der Waals surface area contributed by atoms with Crippen LogP contribution in [0.15, 0.2) is 73.8 Å². The Hall–Kier alpha value is -2.91. The van der Waals surface area contributed by atoms with Crippen molar-refractivity contribution in [1.29, 1.82) is 0 Å². The van der Waals surface area contributed by atoms with Gasteiger partial charge in [0.15, 0.2) is 4.90 Å². The van der Waals surface area contributed by atoms with Crippen LogP contribution in [0.2, 0.25) is 0 Å². The summed E-state index contributed by atoms with van der Waals surface area (Å²) in [5, 5.41) is 0. The molecular weight excluding hydrogens is 370 g/mol. The number of furan rings is 1. The van der Waals surface area contributed by atoms with Crippen LogP contribution in [0.4, 0.5) is 0 Å². The van der Waals surface area contributed by atoms with E-state index in [4.69, 9.17) is 4.42 Å². The minimum absolute atomic E-state index is 0.0454. The van der Waals surface area contributed by atoms with Gasteiger partial charge < -0.3 is 8.98 Å². The van der Waals surface area contributed by atoms with Crippen LogP contribution in [-0.2, 0) is 37.2 Å². The summed E-state index contributed by atoms with van der Waals surface area (Å²) in [7, 11) is -1.54. The first kappa shape index (κ1) is 18.9. The number of rotatable bonds is 6. The minimum atomic E-state index is -4.19. The number of hydrogen-bond acceptors (Lipinski definition) is 5. The van der Waals surface area contributed by atoms with E-state index in [0.717, 1.165) is 25.2 Å². The molecule has 0 aliphatic carbocycles. The fourth-order valence-electron chi connectivity index (χ4n) is 2.68. The van der Waals surface area contributed by atoms with Gasteiger partial charge in [0.05, 0.1) is 12.8 Å². The van der Waals surface area contributed by atoms with Gasteiger partial charge in [-0.05, 0) is 17.7 Å². The topological polar surface area (TPSA) is 94.5 Å². The van der Waals surface area contributed by atoms with Gasteiger partial charge in [0.1, 0.15) is 5.76 Å². The van der Waals surface area contributed by atoms with E-state index in [1.54, 1.807) is 36.4 Å². The predicted octanol–water partition coefficient (Wildman–Crippen LogP) is 1.07. The van der Waals surface area contributed by atoms with Crippen LogP contribution >= 0.6 is 0 Å². The lowest BCUT2D eigenvalue weighted by atomic mass is 10.2. The molecule has 0 amide bonds. The molecule has 0 unspecified atom stereocenters. The van der Waals surface area contributed by atoms with Crippen molar-refractivity contribution in [3.05, 3.63) is 87.1 Å². The third-order valence-corrected chi connectivity index (χ3v) is 5.92. The molecule has 8 nitrogen and oxygen atoms in total. The molecule has 1 aromatic carbocycles. The highest BCUT2D eigenvalue weighted by atomic mass is 32.2. The number of sulfonamides is 1. The summed E-state index contributed by atoms with van der Waals surface area (Å²) < 4.78 is 34.8. The van der Waals surface area contributed by atoms with Crippen LogP contribution in [-0.4, -0.2) is 21.9 Å². The zero-order valence-electron chi connectivity index (χ0n) is 14.9. The normalized spacial score (nSPS) is 11.8. The Labute approximate surface area is 156 Å². The van der Waals surface area contributed by atoms with Crippen LogP contribution in [0.1, 0.15) is 11.3 Å². The number of nitrogens with zero attached hydrogens (tertiary/aromatic N) is 3. The van der Waals surface area contributed by atoms with Gasteiger partial charge in [-0.2, -0.15) is 4.31 Å². The van der Waals surface area contributed by atoms with Crippen molar-refractivity contribution >= 4 is 10.0 Å². The Morgan fingerprint density at radius 3 is 2.33 bits per heavy atom. The van der Waals surface area contributed by atoms with Crippen molar-refractivity contribution in [1.82, 2.24) is 13.4 Å². The van der Waals surface area contributed by atoms with Crippen molar-refractivity contribution in [3.8, 4) is 0 Å². The molecule has 2 aromatic heterocycles. The summed E-state index contributed by atoms with van der Waals surface area (Å²) >= 11 is 0. The Morgan fingerprint density at radius 2 is 1.70 bits per heavy atom. The lowest BCUT2D eigenvalue weighted by Gasteiger charge is -2.21. The van der Waals surface area contributed by atoms with E-state index in [1.807, 2.05) is 6.07 Å². The summed E-state index contributed by atoms with van der Waals surface area (Å²) in [6.07, 6.45) is 2.51. The van der Waals surface area contributed by atoms with Gasteiger partial charge in [0.25, 0.3) is 15.6 Å². The quantitative estimate of drug-likeness (QED) is 0.628. The molecule has 0 atom stereocenters. The Bertz CT molecular complexity index is 1150. The summed E-state index contributed by atoms with van der Waals surface area (Å²) in [6, 6.07) is 12.3. The third-order valence-electron chi connectivity index (χ3n) is 4.15. The van der Waals surface area contributed by atoms with E-state index in [0.29, 0.717) is 5.76 Å². The Balaban J connectivity index is 2.10. The molecule has 0 radical (unpaired) electrons. The highest BCUT2D eigenvalue weighted by molar-refractivity contribution is 7.89. The lowest BCUT2D eigenvalue weighted by Crippen LogP contribution is -2.42. The van der Waals surface area contributed by atoms with Gasteiger partial charge in [0.2, 0.25) is 0 Å². The van der Waals surface area contributed by atoms with Gasteiger partial charge in [-0.3, -0.25) is 9.36 Å². The van der Waals surface area contributed by atoms with E-state index in [9.17, 15) is 18.0 Å². The molecule has 0 fully saturated rings. The van der Waals surface area contributed by atoms with E-state index in [1.165, 1.54) is 20.4 Å². The number of aromatic nitrogens is 2. The summed E-state index contributed by atoms with van der Waals surface area (Å²) in [5.41, 5.74) is -0.704. The van der Waals surface area contributed by atoms with Crippen molar-refractivity contribution in [2.45, 2.75) is 18.0 Å². The summed E-state index contributed by atoms with van der Waals surface area (Å²) in [6.45, 7) is 0.00604. The third kappa shape index (κ3) is 3.79. The van der Waals surface area contributed by atoms with Gasteiger partial charge >= 0.3 is 5.69 Å². The van der Waals surface area contributed by atoms with Gasteiger partial charge in [0, 0.05) is 26.8 Å². The molecule has 2 heterocycles. The van der Waals surface area contributed by atoms with E-state index < -0.39 is 26.2 Å². The van der Waals surface area contributed by atoms with E-state index in [-0.39, 0.29) is 13.1 Å². The molecule has 0 N–H and O–H groups in total. The number of aryl methyl sites for hydroxylation is 1. The first-order chi connectivity index (χ1) is 12.8. The standard InChI is InChI=1S/C18H19N3O5S/c1-19-13-16(17(22)20(2)18(19)23)27(24,25)21(12-15-9-6-10-26-15)11-14-7-4-3-5-8-14/h3-10,13H,11-12H2,1-2H3. The van der Waals surface area contributed by atoms with Gasteiger partial charge in [-0.15, -0.1) is 0 Å². The van der Waals surface area contributed by atoms with Gasteiger partial charge in [-0.25, -0.2) is 13.2 Å². The molecule has 0 bridgehead atoms. The highest BCUT2D eigenvalue weighted by Gasteiger charge is 2.30. The first-order valence-corrected chi connectivity index (χ1v) is 9.58. The first-order valence-electron chi connectivity index (χ1n) is 8.14. The predicted molar refractivity (Wildman–Crippen MR) is 98.5 cm³/mol. The van der Waals surface area contributed by atoms with Crippen LogP contribution < -0.4 is 11.2 Å². The van der Waals surface area contributed by atoms with Crippen LogP contribution in [0.5, 0.6) is 0 Å². The second-order valence-electron chi connectivity index (χ2n) is 6.09. The molecule has 3 aromatic rings. The summed E-state index contributed by atoms with van der Waals surface area (Å²) in [4.78, 5) is 23.9. The molecule has 0 saturated heterocycles. The maximum absolute atomic E-state index is 13.3. The Morgan fingerprint density at radius 1 is 1.00 bits per heavy atom. The zero-order valence-corrected chi connectivity index (χ0v) is 15.7. The molecule has 9 heteroatoms. The number of hydrogen-bond donors (Lipinski definition) is 0. The van der Waals surface area contributed by atoms with Crippen molar-refractivity contribution in [3.63, 3.8) is 0 Å². The highest BCUT2D eigenvalue weighted by Crippen LogP contribution is 2.19. The van der Waals surface area contributed by atoms with E-state index >= 15 is 0 Å². The van der Waals surface area contributed by atoms with Crippen LogP contribution in [0, 0.1) is 0 Å². The molecular formula is C18H19N3O5S. The van der Waals surface area contributed by atoms with Crippen LogP contribution in [0.3, 0.4) is 0 Å². The largest absolute Gasteiger partial charge is 0.468 e. The lowest BCUT2D eigenvalue weighted by molar-refractivity contribution is 0.357. The van der Waals surface area contributed by atoms with E-state index in [2.05, 4.69) is 0 Å². The molecule has 27 heavy (non-hydrogen) atoms. The second-order valence-corrected chi connectivity index (χ2v) is 8.00. The molecule has 0 saturated carbocycles. The summed E-state index contributed by atoms with van der Waals surface area (Å²) in [5.74, 6) is 0.441. The minimum Gasteiger partial charge on any atom is -0.468 e. The Kier molecular flexibility index (Phi) is 5.15. The molecule has 0 aliphatic heterocycles. The van der Waals surface area contributed by atoms with Crippen molar-refractivity contribution < 1.29 is 12.8 Å². The maximum atomic E-state index is 13.3. The van der Waals surface area contributed by atoms with Crippen molar-refractivity contribution in [2.75, 3.05) is 0 Å². The molecule has 0 aliphatic rings. The smallest absolute Gasteiger partial charge is 0.330 e. The van der Waals surface area contributed by atoms with Crippen molar-refractivity contribution in [2.24, 2.45) is 14.1 Å². The molecule has 3 rings (SSSR count).